The molecule has 3 rings (SSSR count). The Labute approximate surface area is 130 Å². The number of hydrogen-bond donors (Lipinski definition) is 3. The zero-order chi connectivity index (χ0) is 16.2. The van der Waals surface area contributed by atoms with Crippen LogP contribution in [-0.4, -0.2) is 16.8 Å². The summed E-state index contributed by atoms with van der Waals surface area (Å²) < 4.78 is 19.0. The van der Waals surface area contributed by atoms with Crippen LogP contribution in [0, 0.1) is 5.82 Å². The van der Waals surface area contributed by atoms with Crippen LogP contribution < -0.4 is 10.9 Å². The van der Waals surface area contributed by atoms with Crippen LogP contribution in [-0.2, 0) is 0 Å². The number of hydrazine groups is 1. The Morgan fingerprint density at radius 3 is 2.48 bits per heavy atom. The third-order valence-corrected chi connectivity index (χ3v) is 3.10. The fourth-order valence-electron chi connectivity index (χ4n) is 1.98. The van der Waals surface area contributed by atoms with E-state index in [2.05, 4.69) is 15.8 Å². The van der Waals surface area contributed by atoms with Crippen LogP contribution in [0.4, 0.5) is 4.39 Å². The van der Waals surface area contributed by atoms with Crippen molar-refractivity contribution < 1.29 is 18.4 Å². The zero-order valence-corrected chi connectivity index (χ0v) is 11.8. The lowest BCUT2D eigenvalue weighted by Gasteiger charge is -2.04. The Hall–Kier alpha value is -3.35. The van der Waals surface area contributed by atoms with Gasteiger partial charge in [0.2, 0.25) is 0 Å². The Kier molecular flexibility index (Phi) is 3.92. The first kappa shape index (κ1) is 14.6. The summed E-state index contributed by atoms with van der Waals surface area (Å²) in [7, 11) is 0. The number of hydrogen-bond acceptors (Lipinski definition) is 3. The van der Waals surface area contributed by atoms with Crippen LogP contribution in [0.3, 0.4) is 0 Å². The van der Waals surface area contributed by atoms with Crippen LogP contribution in [0.25, 0.3) is 11.3 Å². The topological polar surface area (TPSA) is 87.1 Å². The minimum Gasteiger partial charge on any atom is -0.451 e. The van der Waals surface area contributed by atoms with Crippen molar-refractivity contribution >= 4 is 11.8 Å². The van der Waals surface area contributed by atoms with Crippen molar-refractivity contribution in [2.75, 3.05) is 0 Å². The number of H-pyrrole nitrogens is 1. The second kappa shape index (κ2) is 6.18. The Bertz CT molecular complexity index is 840. The fourth-order valence-corrected chi connectivity index (χ4v) is 1.98. The van der Waals surface area contributed by atoms with Crippen molar-refractivity contribution in [2.45, 2.75) is 0 Å². The number of furan rings is 1. The van der Waals surface area contributed by atoms with E-state index in [0.717, 1.165) is 0 Å². The summed E-state index contributed by atoms with van der Waals surface area (Å²) in [5, 5.41) is 0. The van der Waals surface area contributed by atoms with Gasteiger partial charge < -0.3 is 9.40 Å². The third kappa shape index (κ3) is 3.13. The summed E-state index contributed by atoms with van der Waals surface area (Å²) >= 11 is 0. The van der Waals surface area contributed by atoms with Crippen LogP contribution in [0.1, 0.15) is 21.0 Å². The minimum atomic E-state index is -0.646. The fraction of sp³-hybridized carbons (Fsp3) is 0. The first-order chi connectivity index (χ1) is 11.1. The summed E-state index contributed by atoms with van der Waals surface area (Å²) in [4.78, 5) is 26.3. The van der Waals surface area contributed by atoms with Gasteiger partial charge in [0.05, 0.1) is 5.56 Å². The zero-order valence-electron chi connectivity index (χ0n) is 11.8. The Balaban J connectivity index is 1.67. The SMILES string of the molecule is O=C(NNC(=O)c1ccc(-c2ccccc2F)o1)c1ccc[nH]1. The van der Waals surface area contributed by atoms with E-state index in [-0.39, 0.29) is 17.1 Å². The van der Waals surface area contributed by atoms with Crippen molar-refractivity contribution in [1.29, 1.82) is 0 Å². The van der Waals surface area contributed by atoms with Crippen LogP contribution in [0.5, 0.6) is 0 Å². The third-order valence-electron chi connectivity index (χ3n) is 3.10. The van der Waals surface area contributed by atoms with Gasteiger partial charge in [0, 0.05) is 6.20 Å². The molecule has 0 saturated carbocycles. The van der Waals surface area contributed by atoms with Gasteiger partial charge in [0.15, 0.2) is 5.76 Å². The van der Waals surface area contributed by atoms with Gasteiger partial charge in [-0.2, -0.15) is 0 Å². The highest BCUT2D eigenvalue weighted by Crippen LogP contribution is 2.24. The maximum absolute atomic E-state index is 13.7. The number of amides is 2. The summed E-state index contributed by atoms with van der Waals surface area (Å²) in [6.45, 7) is 0. The van der Waals surface area contributed by atoms with E-state index in [0.29, 0.717) is 5.69 Å². The van der Waals surface area contributed by atoms with E-state index in [4.69, 9.17) is 4.42 Å². The average molecular weight is 313 g/mol. The van der Waals surface area contributed by atoms with E-state index >= 15 is 0 Å². The van der Waals surface area contributed by atoms with Crippen molar-refractivity contribution in [2.24, 2.45) is 0 Å². The number of nitrogens with one attached hydrogen (secondary N) is 3. The highest BCUT2D eigenvalue weighted by Gasteiger charge is 2.15. The quantitative estimate of drug-likeness (QED) is 0.649. The van der Waals surface area contributed by atoms with Gasteiger partial charge in [0.25, 0.3) is 5.91 Å². The average Bonchev–Trinajstić information content (AvgIpc) is 3.24. The van der Waals surface area contributed by atoms with Gasteiger partial charge in [-0.1, -0.05) is 12.1 Å². The second-order valence-corrected chi connectivity index (χ2v) is 4.64. The lowest BCUT2D eigenvalue weighted by atomic mass is 10.1. The molecule has 3 aromatic rings. The van der Waals surface area contributed by atoms with Crippen molar-refractivity contribution in [1.82, 2.24) is 15.8 Å². The van der Waals surface area contributed by atoms with Gasteiger partial charge in [0.1, 0.15) is 17.3 Å². The Morgan fingerprint density at radius 2 is 1.74 bits per heavy atom. The number of carbonyl (C=O) groups is 2. The lowest BCUT2D eigenvalue weighted by Crippen LogP contribution is -2.41. The molecule has 6 nitrogen and oxygen atoms in total. The maximum atomic E-state index is 13.7. The van der Waals surface area contributed by atoms with E-state index in [1.54, 1.807) is 36.5 Å². The van der Waals surface area contributed by atoms with Gasteiger partial charge in [-0.05, 0) is 36.4 Å². The van der Waals surface area contributed by atoms with Crippen molar-refractivity contribution in [3.05, 3.63) is 72.0 Å². The predicted molar refractivity (Wildman–Crippen MR) is 79.8 cm³/mol. The first-order valence-electron chi connectivity index (χ1n) is 6.74. The molecule has 0 aliphatic rings. The van der Waals surface area contributed by atoms with E-state index in [9.17, 15) is 14.0 Å². The standard InChI is InChI=1S/C16H12FN3O3/c17-11-5-2-1-4-10(11)13-7-8-14(23-13)16(22)20-19-15(21)12-6-3-9-18-12/h1-9,18H,(H,19,21)(H,20,22). The normalized spacial score (nSPS) is 10.3. The van der Waals surface area contributed by atoms with Crippen LogP contribution >= 0.6 is 0 Å². The molecule has 0 bridgehead atoms. The number of aromatic amines is 1. The highest BCUT2D eigenvalue weighted by atomic mass is 19.1. The molecule has 23 heavy (non-hydrogen) atoms. The van der Waals surface area contributed by atoms with Gasteiger partial charge in [-0.25, -0.2) is 4.39 Å². The molecule has 0 aliphatic heterocycles. The summed E-state index contributed by atoms with van der Waals surface area (Å²) in [5.41, 5.74) is 5.01. The van der Waals surface area contributed by atoms with Gasteiger partial charge >= 0.3 is 5.91 Å². The summed E-state index contributed by atoms with van der Waals surface area (Å²) in [6.07, 6.45) is 1.59. The molecule has 0 unspecified atom stereocenters. The molecule has 0 atom stereocenters. The molecule has 0 saturated heterocycles. The smallest absolute Gasteiger partial charge is 0.305 e. The molecule has 7 heteroatoms. The molecule has 0 aliphatic carbocycles. The molecule has 116 valence electrons. The molecule has 2 amide bonds. The van der Waals surface area contributed by atoms with Crippen molar-refractivity contribution in [3.63, 3.8) is 0 Å². The first-order valence-corrected chi connectivity index (χ1v) is 6.74. The lowest BCUT2D eigenvalue weighted by molar-refractivity contribution is 0.0829. The molecular formula is C16H12FN3O3. The second-order valence-electron chi connectivity index (χ2n) is 4.64. The molecule has 0 spiro atoms. The van der Waals surface area contributed by atoms with Crippen LogP contribution in [0.15, 0.2) is 59.1 Å². The van der Waals surface area contributed by atoms with E-state index < -0.39 is 17.6 Å². The largest absolute Gasteiger partial charge is 0.451 e. The van der Waals surface area contributed by atoms with E-state index in [1.165, 1.54) is 18.2 Å². The number of aromatic nitrogens is 1. The van der Waals surface area contributed by atoms with E-state index in [1.807, 2.05) is 0 Å². The number of halogens is 1. The monoisotopic (exact) mass is 313 g/mol. The summed E-state index contributed by atoms with van der Waals surface area (Å²) in [6, 6.07) is 12.2. The number of benzene rings is 1. The highest BCUT2D eigenvalue weighted by molar-refractivity contribution is 5.97. The summed E-state index contributed by atoms with van der Waals surface area (Å²) in [5.74, 6) is -1.41. The molecule has 2 heterocycles. The number of carbonyl (C=O) groups excluding carboxylic acids is 2. The molecule has 2 aromatic heterocycles. The number of rotatable bonds is 3. The molecule has 1 aromatic carbocycles. The molecule has 0 radical (unpaired) electrons. The minimum absolute atomic E-state index is 0.0463. The van der Waals surface area contributed by atoms with Crippen LogP contribution in [0.2, 0.25) is 0 Å². The predicted octanol–water partition coefficient (Wildman–Crippen LogP) is 2.49. The van der Waals surface area contributed by atoms with Crippen molar-refractivity contribution in [3.8, 4) is 11.3 Å². The molecular weight excluding hydrogens is 301 g/mol. The maximum Gasteiger partial charge on any atom is 0.305 e. The molecule has 0 fully saturated rings. The Morgan fingerprint density at radius 1 is 0.957 bits per heavy atom. The van der Waals surface area contributed by atoms with Gasteiger partial charge in [-0.3, -0.25) is 20.4 Å². The molecule has 3 N–H and O–H groups in total. The van der Waals surface area contributed by atoms with Gasteiger partial charge in [-0.15, -0.1) is 0 Å².